The second-order valence-corrected chi connectivity index (χ2v) is 9.66. The molecule has 1 aromatic heterocycles. The van der Waals surface area contributed by atoms with Crippen LogP contribution in [0.25, 0.3) is 0 Å². The summed E-state index contributed by atoms with van der Waals surface area (Å²) in [6, 6.07) is 6.50. The number of nitrogens with zero attached hydrogens (tertiary/aromatic N) is 2. The van der Waals surface area contributed by atoms with Crippen molar-refractivity contribution >= 4 is 49.7 Å². The number of sulfone groups is 1. The summed E-state index contributed by atoms with van der Waals surface area (Å²) in [5.41, 5.74) is 0. The minimum absolute atomic E-state index is 0.0474. The molecule has 2 aromatic rings. The topological polar surface area (TPSA) is 72.0 Å². The van der Waals surface area contributed by atoms with Gasteiger partial charge in [-0.2, -0.15) is 0 Å². The Kier molecular flexibility index (Phi) is 6.08. The molecule has 0 spiro atoms. The highest BCUT2D eigenvalue weighted by atomic mass is 35.5. The van der Waals surface area contributed by atoms with Crippen molar-refractivity contribution in [1.29, 1.82) is 0 Å². The van der Waals surface area contributed by atoms with Crippen LogP contribution in [0, 0.1) is 0 Å². The second-order valence-electron chi connectivity index (χ2n) is 4.79. The van der Waals surface area contributed by atoms with E-state index in [2.05, 4.69) is 15.5 Å². The molecule has 0 radical (unpaired) electrons. The van der Waals surface area contributed by atoms with Crippen LogP contribution < -0.4 is 5.32 Å². The predicted octanol–water partition coefficient (Wildman–Crippen LogP) is 3.58. The van der Waals surface area contributed by atoms with Crippen molar-refractivity contribution in [1.82, 2.24) is 10.2 Å². The average molecular weight is 378 g/mol. The summed E-state index contributed by atoms with van der Waals surface area (Å²) in [5.74, 6) is 0.479. The lowest BCUT2D eigenvalue weighted by Crippen LogP contribution is -2.08. The van der Waals surface area contributed by atoms with Crippen molar-refractivity contribution in [3.05, 3.63) is 29.3 Å². The third-order valence-electron chi connectivity index (χ3n) is 2.57. The molecule has 0 fully saturated rings. The molecule has 0 aliphatic carbocycles. The van der Waals surface area contributed by atoms with E-state index in [-0.39, 0.29) is 16.7 Å². The Hall–Kier alpha value is -0.830. The molecule has 0 amide bonds. The molecule has 0 atom stereocenters. The zero-order valence-corrected chi connectivity index (χ0v) is 15.3. The first-order valence-corrected chi connectivity index (χ1v) is 10.4. The van der Waals surface area contributed by atoms with Gasteiger partial charge >= 0.3 is 0 Å². The Morgan fingerprint density at radius 2 is 1.95 bits per heavy atom. The molecule has 0 unspecified atom stereocenters. The summed E-state index contributed by atoms with van der Waals surface area (Å²) in [6.45, 7) is 4.04. The van der Waals surface area contributed by atoms with Crippen molar-refractivity contribution in [2.75, 3.05) is 16.8 Å². The van der Waals surface area contributed by atoms with E-state index in [1.54, 1.807) is 12.1 Å². The van der Waals surface area contributed by atoms with Crippen LogP contribution in [0.3, 0.4) is 0 Å². The lowest BCUT2D eigenvalue weighted by atomic mass is 10.4. The van der Waals surface area contributed by atoms with E-state index in [1.165, 1.54) is 35.2 Å². The van der Waals surface area contributed by atoms with E-state index in [9.17, 15) is 8.42 Å². The highest BCUT2D eigenvalue weighted by molar-refractivity contribution is 8.02. The van der Waals surface area contributed by atoms with Crippen LogP contribution in [-0.4, -0.2) is 36.2 Å². The third-order valence-corrected chi connectivity index (χ3v) is 6.80. The number of halogens is 1. The minimum atomic E-state index is -3.30. The number of nitrogens with one attached hydrogen (secondary N) is 1. The van der Waals surface area contributed by atoms with Gasteiger partial charge in [0.15, 0.2) is 14.2 Å². The molecule has 0 saturated carbocycles. The molecule has 1 heterocycles. The maximum Gasteiger partial charge on any atom is 0.206 e. The van der Waals surface area contributed by atoms with Gasteiger partial charge in [0.05, 0.1) is 10.6 Å². The van der Waals surface area contributed by atoms with E-state index in [4.69, 9.17) is 11.6 Å². The van der Waals surface area contributed by atoms with Gasteiger partial charge in [-0.25, -0.2) is 8.42 Å². The van der Waals surface area contributed by atoms with Crippen LogP contribution in [0.15, 0.2) is 33.5 Å². The van der Waals surface area contributed by atoms with Gasteiger partial charge < -0.3 is 5.32 Å². The van der Waals surface area contributed by atoms with Gasteiger partial charge in [0.2, 0.25) is 5.13 Å². The lowest BCUT2D eigenvalue weighted by molar-refractivity contribution is 0.597. The molecular weight excluding hydrogens is 362 g/mol. The van der Waals surface area contributed by atoms with Crippen molar-refractivity contribution < 1.29 is 8.42 Å². The van der Waals surface area contributed by atoms with Gasteiger partial charge in [-0.3, -0.25) is 0 Å². The summed E-state index contributed by atoms with van der Waals surface area (Å²) in [6.07, 6.45) is 0. The number of benzene rings is 1. The number of aromatic nitrogens is 2. The number of hydrogen-bond donors (Lipinski definition) is 1. The van der Waals surface area contributed by atoms with Gasteiger partial charge in [0, 0.05) is 16.8 Å². The Bertz CT molecular complexity index is 714. The zero-order chi connectivity index (χ0) is 16.2. The SMILES string of the molecule is CC(C)Nc1nnc(SCCS(=O)(=O)c2ccc(Cl)cc2)s1. The quantitative estimate of drug-likeness (QED) is 0.743. The van der Waals surface area contributed by atoms with Gasteiger partial charge in [0.1, 0.15) is 0 Å². The number of thioether (sulfide) groups is 1. The fourth-order valence-corrected chi connectivity index (χ4v) is 5.31. The summed E-state index contributed by atoms with van der Waals surface area (Å²) < 4.78 is 25.1. The van der Waals surface area contributed by atoms with E-state index in [0.717, 1.165) is 9.47 Å². The maximum atomic E-state index is 12.2. The highest BCUT2D eigenvalue weighted by Crippen LogP contribution is 2.26. The normalized spacial score (nSPS) is 11.8. The smallest absolute Gasteiger partial charge is 0.206 e. The Morgan fingerprint density at radius 1 is 1.27 bits per heavy atom. The summed E-state index contributed by atoms with van der Waals surface area (Å²) >= 11 is 8.59. The monoisotopic (exact) mass is 377 g/mol. The maximum absolute atomic E-state index is 12.2. The van der Waals surface area contributed by atoms with Crippen LogP contribution in [0.1, 0.15) is 13.8 Å². The largest absolute Gasteiger partial charge is 0.358 e. The van der Waals surface area contributed by atoms with Crippen molar-refractivity contribution in [3.63, 3.8) is 0 Å². The van der Waals surface area contributed by atoms with Crippen LogP contribution >= 0.6 is 34.7 Å². The van der Waals surface area contributed by atoms with Crippen LogP contribution in [0.5, 0.6) is 0 Å². The van der Waals surface area contributed by atoms with Crippen LogP contribution in [0.2, 0.25) is 5.02 Å². The standard InChI is InChI=1S/C13H16ClN3O2S3/c1-9(2)15-12-16-17-13(21-12)20-7-8-22(18,19)11-5-3-10(14)4-6-11/h3-6,9H,7-8H2,1-2H3,(H,15,16). The van der Waals surface area contributed by atoms with Gasteiger partial charge in [-0.05, 0) is 38.1 Å². The summed E-state index contributed by atoms with van der Waals surface area (Å²) in [5, 5.41) is 12.5. The Labute approximate surface area is 143 Å². The first kappa shape index (κ1) is 17.5. The summed E-state index contributed by atoms with van der Waals surface area (Å²) in [7, 11) is -3.30. The molecule has 1 aromatic carbocycles. The molecule has 9 heteroatoms. The third kappa shape index (κ3) is 5.12. The van der Waals surface area contributed by atoms with Crippen molar-refractivity contribution in [2.24, 2.45) is 0 Å². The van der Waals surface area contributed by atoms with Crippen LogP contribution in [-0.2, 0) is 9.84 Å². The highest BCUT2D eigenvalue weighted by Gasteiger charge is 2.15. The number of anilines is 1. The van der Waals surface area contributed by atoms with Gasteiger partial charge in [0.25, 0.3) is 0 Å². The van der Waals surface area contributed by atoms with Crippen molar-refractivity contribution in [2.45, 2.75) is 29.1 Å². The van der Waals surface area contributed by atoms with E-state index in [0.29, 0.717) is 10.8 Å². The number of rotatable bonds is 7. The first-order chi connectivity index (χ1) is 10.4. The molecule has 0 aliphatic rings. The van der Waals surface area contributed by atoms with Crippen molar-refractivity contribution in [3.8, 4) is 0 Å². The predicted molar refractivity (Wildman–Crippen MR) is 92.9 cm³/mol. The Balaban J connectivity index is 1.90. The fourth-order valence-electron chi connectivity index (χ4n) is 1.57. The second kappa shape index (κ2) is 7.63. The Morgan fingerprint density at radius 3 is 2.59 bits per heavy atom. The molecule has 0 bridgehead atoms. The molecule has 1 N–H and O–H groups in total. The zero-order valence-electron chi connectivity index (χ0n) is 12.1. The van der Waals surface area contributed by atoms with Crippen LogP contribution in [0.4, 0.5) is 5.13 Å². The van der Waals surface area contributed by atoms with E-state index < -0.39 is 9.84 Å². The average Bonchev–Trinajstić information content (AvgIpc) is 2.85. The fraction of sp³-hybridized carbons (Fsp3) is 0.385. The van der Waals surface area contributed by atoms with E-state index in [1.807, 2.05) is 13.8 Å². The molecule has 5 nitrogen and oxygen atoms in total. The lowest BCUT2D eigenvalue weighted by Gasteiger charge is -2.04. The van der Waals surface area contributed by atoms with E-state index >= 15 is 0 Å². The first-order valence-electron chi connectivity index (χ1n) is 6.58. The molecule has 22 heavy (non-hydrogen) atoms. The van der Waals surface area contributed by atoms with Gasteiger partial charge in [-0.15, -0.1) is 10.2 Å². The minimum Gasteiger partial charge on any atom is -0.358 e. The van der Waals surface area contributed by atoms with Gasteiger partial charge in [-0.1, -0.05) is 34.7 Å². The molecule has 2 rings (SSSR count). The molecule has 0 aliphatic heterocycles. The summed E-state index contributed by atoms with van der Waals surface area (Å²) in [4.78, 5) is 0.289. The molecule has 0 saturated heterocycles. The molecule has 120 valence electrons. The molecular formula is C13H16ClN3O2S3. The number of hydrogen-bond acceptors (Lipinski definition) is 7.